The van der Waals surface area contributed by atoms with Crippen molar-refractivity contribution in [3.05, 3.63) is 35.4 Å². The Labute approximate surface area is 150 Å². The van der Waals surface area contributed by atoms with Crippen molar-refractivity contribution in [3.8, 4) is 0 Å². The van der Waals surface area contributed by atoms with E-state index in [1.807, 2.05) is 0 Å². The Balaban J connectivity index is 1.25. The molecule has 2 amide bonds. The van der Waals surface area contributed by atoms with Crippen LogP contribution in [0.3, 0.4) is 0 Å². The minimum Gasteiger partial charge on any atom is -0.378 e. The molecule has 0 spiro atoms. The van der Waals surface area contributed by atoms with Gasteiger partial charge in [-0.1, -0.05) is 24.3 Å². The van der Waals surface area contributed by atoms with Gasteiger partial charge in [0.25, 0.3) is 0 Å². The Morgan fingerprint density at radius 1 is 1.16 bits per heavy atom. The van der Waals surface area contributed by atoms with Gasteiger partial charge in [0.05, 0.1) is 12.2 Å². The molecule has 0 bridgehead atoms. The van der Waals surface area contributed by atoms with Crippen LogP contribution in [-0.2, 0) is 15.9 Å². The van der Waals surface area contributed by atoms with Crippen LogP contribution in [0.25, 0.3) is 0 Å². The number of ether oxygens (including phenoxy) is 2. The highest BCUT2D eigenvalue weighted by Gasteiger charge is 2.20. The molecule has 1 saturated heterocycles. The second-order valence-corrected chi connectivity index (χ2v) is 6.91. The van der Waals surface area contributed by atoms with Gasteiger partial charge in [-0.15, -0.1) is 0 Å². The fourth-order valence-electron chi connectivity index (χ4n) is 3.66. The first-order valence-corrected chi connectivity index (χ1v) is 9.65. The summed E-state index contributed by atoms with van der Waals surface area (Å²) in [7, 11) is 0. The third-order valence-corrected chi connectivity index (χ3v) is 5.02. The molecule has 2 N–H and O–H groups in total. The van der Waals surface area contributed by atoms with E-state index in [1.165, 1.54) is 17.5 Å². The monoisotopic (exact) mass is 346 g/mol. The summed E-state index contributed by atoms with van der Waals surface area (Å²) >= 11 is 0. The van der Waals surface area contributed by atoms with Crippen LogP contribution in [0.5, 0.6) is 0 Å². The Bertz CT molecular complexity index is 543. The number of urea groups is 1. The van der Waals surface area contributed by atoms with Crippen LogP contribution in [0.4, 0.5) is 4.79 Å². The van der Waals surface area contributed by atoms with Crippen LogP contribution in [-0.4, -0.2) is 38.4 Å². The molecule has 1 aromatic carbocycles. The Morgan fingerprint density at radius 3 is 2.92 bits per heavy atom. The topological polar surface area (TPSA) is 59.6 Å². The van der Waals surface area contributed by atoms with Gasteiger partial charge in [-0.25, -0.2) is 4.79 Å². The first-order valence-electron chi connectivity index (χ1n) is 9.65. The van der Waals surface area contributed by atoms with Crippen molar-refractivity contribution in [1.82, 2.24) is 10.6 Å². The van der Waals surface area contributed by atoms with Crippen molar-refractivity contribution >= 4 is 6.03 Å². The molecular formula is C20H30N2O3. The number of carbonyl (C=O) groups excluding carboxylic acids is 1. The van der Waals surface area contributed by atoms with Gasteiger partial charge in [-0.3, -0.25) is 0 Å². The molecule has 3 rings (SSSR count). The lowest BCUT2D eigenvalue weighted by atomic mass is 9.89. The van der Waals surface area contributed by atoms with Gasteiger partial charge in [0, 0.05) is 26.3 Å². The summed E-state index contributed by atoms with van der Waals surface area (Å²) < 4.78 is 11.6. The highest BCUT2D eigenvalue weighted by atomic mass is 16.5. The maximum atomic E-state index is 11.7. The van der Waals surface area contributed by atoms with Crippen LogP contribution in [0, 0.1) is 0 Å². The summed E-state index contributed by atoms with van der Waals surface area (Å²) in [5.41, 5.74) is 2.76. The molecular weight excluding hydrogens is 316 g/mol. The number of aryl methyl sites for hydroxylation is 1. The van der Waals surface area contributed by atoms with E-state index in [9.17, 15) is 4.79 Å². The zero-order valence-corrected chi connectivity index (χ0v) is 15.0. The molecule has 25 heavy (non-hydrogen) atoms. The Hall–Kier alpha value is -1.59. The molecule has 1 fully saturated rings. The number of benzene rings is 1. The minimum atomic E-state index is -0.0963. The zero-order valence-electron chi connectivity index (χ0n) is 15.0. The summed E-state index contributed by atoms with van der Waals surface area (Å²) in [4.78, 5) is 11.7. The molecule has 138 valence electrons. The molecule has 0 radical (unpaired) electrons. The van der Waals surface area contributed by atoms with Crippen LogP contribution < -0.4 is 10.6 Å². The molecule has 1 aromatic rings. The molecule has 0 aromatic heterocycles. The molecule has 5 heteroatoms. The molecule has 0 unspecified atom stereocenters. The van der Waals surface area contributed by atoms with E-state index in [4.69, 9.17) is 9.47 Å². The number of amides is 2. The maximum Gasteiger partial charge on any atom is 0.314 e. The molecule has 1 aliphatic heterocycles. The summed E-state index contributed by atoms with van der Waals surface area (Å²) in [5, 5.41) is 5.79. The average Bonchev–Trinajstić information content (AvgIpc) is 3.15. The summed E-state index contributed by atoms with van der Waals surface area (Å²) in [6, 6.07) is 8.47. The third kappa shape index (κ3) is 5.72. The fourth-order valence-corrected chi connectivity index (χ4v) is 3.66. The molecule has 2 atom stereocenters. The molecule has 0 saturated carbocycles. The number of nitrogens with one attached hydrogen (secondary N) is 2. The van der Waals surface area contributed by atoms with Gasteiger partial charge < -0.3 is 20.1 Å². The second-order valence-electron chi connectivity index (χ2n) is 6.91. The van der Waals surface area contributed by atoms with Crippen molar-refractivity contribution in [1.29, 1.82) is 0 Å². The quantitative estimate of drug-likeness (QED) is 0.710. The van der Waals surface area contributed by atoms with Crippen LogP contribution in [0.15, 0.2) is 24.3 Å². The third-order valence-electron chi connectivity index (χ3n) is 5.02. The average molecular weight is 346 g/mol. The summed E-state index contributed by atoms with van der Waals surface area (Å²) in [6.45, 7) is 2.85. The van der Waals surface area contributed by atoms with Gasteiger partial charge in [0.15, 0.2) is 0 Å². The van der Waals surface area contributed by atoms with Crippen LogP contribution >= 0.6 is 0 Å². The highest BCUT2D eigenvalue weighted by Crippen LogP contribution is 2.32. The number of fused-ring (bicyclic) bond motifs is 1. The van der Waals surface area contributed by atoms with Crippen molar-refractivity contribution in [2.75, 3.05) is 26.3 Å². The molecule has 1 heterocycles. The van der Waals surface area contributed by atoms with Crippen LogP contribution in [0.1, 0.15) is 55.8 Å². The number of hydrogen-bond acceptors (Lipinski definition) is 3. The lowest BCUT2D eigenvalue weighted by Crippen LogP contribution is -2.37. The van der Waals surface area contributed by atoms with Gasteiger partial charge in [0.1, 0.15) is 0 Å². The maximum absolute atomic E-state index is 11.7. The summed E-state index contributed by atoms with van der Waals surface area (Å²) in [5.74, 6) is 0. The fraction of sp³-hybridized carbons (Fsp3) is 0.650. The van der Waals surface area contributed by atoms with Gasteiger partial charge in [-0.2, -0.15) is 0 Å². The highest BCUT2D eigenvalue weighted by molar-refractivity contribution is 5.73. The smallest absolute Gasteiger partial charge is 0.314 e. The Kier molecular flexibility index (Phi) is 7.12. The molecule has 1 aliphatic carbocycles. The van der Waals surface area contributed by atoms with Gasteiger partial charge >= 0.3 is 6.03 Å². The van der Waals surface area contributed by atoms with E-state index in [2.05, 4.69) is 34.9 Å². The Morgan fingerprint density at radius 2 is 2.04 bits per heavy atom. The number of carbonyl (C=O) groups is 1. The van der Waals surface area contributed by atoms with Crippen molar-refractivity contribution in [2.45, 2.75) is 57.2 Å². The molecule has 5 nitrogen and oxygen atoms in total. The number of hydrogen-bond donors (Lipinski definition) is 2. The van der Waals surface area contributed by atoms with Gasteiger partial charge in [0.2, 0.25) is 0 Å². The first kappa shape index (κ1) is 18.2. The standard InChI is InChI=1S/C20H30N2O3/c23-20(22-13-11-17-8-4-14-24-17)21-12-5-15-25-19-10-3-7-16-6-1-2-9-18(16)19/h1-2,6,9,17,19H,3-5,7-8,10-15H2,(H2,21,22,23)/t17-,19-/m0/s1. The summed E-state index contributed by atoms with van der Waals surface area (Å²) in [6.07, 6.45) is 7.96. The lowest BCUT2D eigenvalue weighted by Gasteiger charge is -2.25. The second kappa shape index (κ2) is 9.78. The first-order chi connectivity index (χ1) is 12.3. The van der Waals surface area contributed by atoms with Crippen LogP contribution in [0.2, 0.25) is 0 Å². The van der Waals surface area contributed by atoms with E-state index in [0.29, 0.717) is 25.8 Å². The van der Waals surface area contributed by atoms with E-state index < -0.39 is 0 Å². The minimum absolute atomic E-state index is 0.0963. The lowest BCUT2D eigenvalue weighted by molar-refractivity contribution is 0.0396. The van der Waals surface area contributed by atoms with E-state index in [-0.39, 0.29) is 12.1 Å². The van der Waals surface area contributed by atoms with E-state index >= 15 is 0 Å². The largest absolute Gasteiger partial charge is 0.378 e. The molecule has 2 aliphatic rings. The normalized spacial score (nSPS) is 22.4. The van der Waals surface area contributed by atoms with Gasteiger partial charge in [-0.05, 0) is 56.1 Å². The van der Waals surface area contributed by atoms with E-state index in [0.717, 1.165) is 45.1 Å². The number of rotatable bonds is 8. The predicted octanol–water partition coefficient (Wildman–Crippen LogP) is 3.34. The predicted molar refractivity (Wildman–Crippen MR) is 97.7 cm³/mol. The van der Waals surface area contributed by atoms with Crippen molar-refractivity contribution < 1.29 is 14.3 Å². The zero-order chi connectivity index (χ0) is 17.3. The van der Waals surface area contributed by atoms with E-state index in [1.54, 1.807) is 0 Å². The SMILES string of the molecule is O=C(NCCCO[C@H]1CCCc2ccccc21)NCC[C@@H]1CCCO1. The van der Waals surface area contributed by atoms with Crippen molar-refractivity contribution in [2.24, 2.45) is 0 Å². The van der Waals surface area contributed by atoms with Crippen molar-refractivity contribution in [3.63, 3.8) is 0 Å².